The van der Waals surface area contributed by atoms with Crippen molar-refractivity contribution in [1.29, 1.82) is 0 Å². The largest absolute Gasteiger partial charge is 0.491 e. The van der Waals surface area contributed by atoms with Gasteiger partial charge in [-0.3, -0.25) is 19.8 Å². The first-order valence-corrected chi connectivity index (χ1v) is 13.3. The molecule has 3 heterocycles. The lowest BCUT2D eigenvalue weighted by molar-refractivity contribution is -0.592. The predicted octanol–water partition coefficient (Wildman–Crippen LogP) is 0.748. The molecule has 1 aromatic carbocycles. The molecule has 0 saturated carbocycles. The second-order valence-electron chi connectivity index (χ2n) is 9.58. The number of rotatable bonds is 13. The van der Waals surface area contributed by atoms with Crippen molar-refractivity contribution < 1.29 is 43.8 Å². The molecule has 10 heteroatoms. The lowest BCUT2D eigenvalue weighted by Crippen LogP contribution is -2.96. The standard InChI is InChI=1S/C28H36N2O8/c31-13-15-35-22-8-6-20(7-9-22)24(32)4-3-5-26(33)29-23(19-30-11-1-2-12-30)27(34)21-10-14-37-28-25(18-21)36-16-17-38-28/h6-10,18,23,28,31H,1-5,11-17,19H2,(H,29,33)/p+1. The molecule has 2 atom stereocenters. The number of likely N-dealkylation sites (tertiary alicyclic amines) is 1. The first-order valence-electron chi connectivity index (χ1n) is 13.3. The zero-order valence-electron chi connectivity index (χ0n) is 21.6. The highest BCUT2D eigenvalue weighted by Crippen LogP contribution is 2.22. The minimum atomic E-state index is -0.616. The van der Waals surface area contributed by atoms with E-state index in [1.807, 2.05) is 0 Å². The van der Waals surface area contributed by atoms with Gasteiger partial charge in [0.2, 0.25) is 12.1 Å². The molecular formula is C28H37N2O8+. The van der Waals surface area contributed by atoms with Crippen LogP contribution in [0.15, 0.2) is 47.7 Å². The zero-order valence-corrected chi connectivity index (χ0v) is 21.6. The normalized spacial score (nSPS) is 20.4. The molecule has 0 radical (unpaired) electrons. The van der Waals surface area contributed by atoms with Crippen LogP contribution in [0.2, 0.25) is 0 Å². The van der Waals surface area contributed by atoms with Gasteiger partial charge in [-0.15, -0.1) is 0 Å². The molecule has 0 aromatic heterocycles. The number of ether oxygens (including phenoxy) is 4. The van der Waals surface area contributed by atoms with E-state index in [1.165, 1.54) is 5.32 Å². The van der Waals surface area contributed by atoms with E-state index in [1.54, 1.807) is 36.4 Å². The van der Waals surface area contributed by atoms with E-state index in [0.29, 0.717) is 48.8 Å². The number of Topliss-reactive ketones (excluding diaryl/α,β-unsaturated/α-hetero) is 2. The first-order chi connectivity index (χ1) is 18.5. The van der Waals surface area contributed by atoms with Gasteiger partial charge in [-0.25, -0.2) is 4.79 Å². The number of aliphatic hydroxyl groups excluding tert-OH is 1. The zero-order chi connectivity index (χ0) is 26.7. The second-order valence-corrected chi connectivity index (χ2v) is 9.58. The average molecular weight is 530 g/mol. The summed E-state index contributed by atoms with van der Waals surface area (Å²) >= 11 is 0. The molecule has 10 nitrogen and oxygen atoms in total. The van der Waals surface area contributed by atoms with Crippen LogP contribution in [0.4, 0.5) is 0 Å². The Morgan fingerprint density at radius 3 is 2.63 bits per heavy atom. The average Bonchev–Trinajstić information content (AvgIpc) is 3.35. The van der Waals surface area contributed by atoms with Gasteiger partial charge in [0.1, 0.15) is 19.0 Å². The van der Waals surface area contributed by atoms with Crippen LogP contribution in [0.25, 0.3) is 0 Å². The van der Waals surface area contributed by atoms with E-state index in [4.69, 9.17) is 24.1 Å². The minimum absolute atomic E-state index is 0.0595. The number of carbonyl (C=O) groups excluding carboxylic acids is 3. The Bertz CT molecular complexity index is 1030. The number of primary amides is 1. The fraction of sp³-hybridized carbons (Fsp3) is 0.536. The summed E-state index contributed by atoms with van der Waals surface area (Å²) < 4.78 is 22.2. The first kappa shape index (κ1) is 28.1. The Morgan fingerprint density at radius 2 is 1.87 bits per heavy atom. The monoisotopic (exact) mass is 529 g/mol. The molecule has 3 N–H and O–H groups in total. The summed E-state index contributed by atoms with van der Waals surface area (Å²) in [5.41, 5.74) is 1.01. The van der Waals surface area contributed by atoms with Crippen LogP contribution in [-0.4, -0.2) is 92.5 Å². The quantitative estimate of drug-likeness (QED) is 0.356. The number of ketones is 2. The van der Waals surface area contributed by atoms with E-state index in [0.717, 1.165) is 25.9 Å². The van der Waals surface area contributed by atoms with Crippen molar-refractivity contribution in [2.45, 2.75) is 44.4 Å². The summed E-state index contributed by atoms with van der Waals surface area (Å²) in [5.74, 6) is 0.715. The van der Waals surface area contributed by atoms with Crippen molar-refractivity contribution in [3.8, 4) is 5.75 Å². The van der Waals surface area contributed by atoms with E-state index < -0.39 is 12.3 Å². The van der Waals surface area contributed by atoms with Crippen molar-refractivity contribution in [3.05, 3.63) is 53.3 Å². The molecule has 2 saturated heterocycles. The molecule has 2 unspecified atom stereocenters. The van der Waals surface area contributed by atoms with Crippen molar-refractivity contribution in [1.82, 2.24) is 4.90 Å². The van der Waals surface area contributed by atoms with Crippen LogP contribution in [0.1, 0.15) is 42.5 Å². The van der Waals surface area contributed by atoms with Crippen molar-refractivity contribution in [3.63, 3.8) is 0 Å². The maximum Gasteiger partial charge on any atom is 0.311 e. The molecule has 4 rings (SSSR count). The molecule has 3 aliphatic heterocycles. The lowest BCUT2D eigenvalue weighted by Gasteiger charge is -2.25. The van der Waals surface area contributed by atoms with Crippen LogP contribution in [0.5, 0.6) is 5.75 Å². The summed E-state index contributed by atoms with van der Waals surface area (Å²) in [4.78, 5) is 41.2. The van der Waals surface area contributed by atoms with Crippen LogP contribution >= 0.6 is 0 Å². The molecule has 0 aliphatic carbocycles. The number of benzene rings is 1. The Balaban J connectivity index is 1.32. The SMILES string of the molecule is O=C(CCCC(=O)c1ccc(OCCO)cc1)[NH2+]C(CN1CCCC1)C(=O)C1=CCOC2OCCOC2=C1. The Kier molecular flexibility index (Phi) is 10.6. The highest BCUT2D eigenvalue weighted by atomic mass is 16.7. The van der Waals surface area contributed by atoms with Gasteiger partial charge in [-0.2, -0.15) is 0 Å². The molecule has 2 fully saturated rings. The maximum atomic E-state index is 13.6. The minimum Gasteiger partial charge on any atom is -0.491 e. The van der Waals surface area contributed by atoms with Gasteiger partial charge in [0, 0.05) is 17.6 Å². The highest BCUT2D eigenvalue weighted by Gasteiger charge is 2.33. The fourth-order valence-electron chi connectivity index (χ4n) is 4.76. The molecule has 38 heavy (non-hydrogen) atoms. The number of carbonyl (C=O) groups is 3. The Morgan fingerprint density at radius 1 is 1.08 bits per heavy atom. The molecule has 0 bridgehead atoms. The van der Waals surface area contributed by atoms with Crippen LogP contribution in [-0.2, 0) is 23.8 Å². The van der Waals surface area contributed by atoms with Gasteiger partial charge in [-0.05, 0) is 68.8 Å². The topological polar surface area (TPSA) is 128 Å². The molecule has 1 aromatic rings. The Hall–Kier alpha value is -2.89. The van der Waals surface area contributed by atoms with E-state index in [9.17, 15) is 14.4 Å². The molecule has 0 spiro atoms. The highest BCUT2D eigenvalue weighted by molar-refractivity contribution is 6.01. The fourth-order valence-corrected chi connectivity index (χ4v) is 4.76. The van der Waals surface area contributed by atoms with Gasteiger partial charge in [-0.1, -0.05) is 0 Å². The third kappa shape index (κ3) is 8.05. The third-order valence-electron chi connectivity index (χ3n) is 6.73. The van der Waals surface area contributed by atoms with Gasteiger partial charge in [0.25, 0.3) is 0 Å². The molecule has 1 amide bonds. The van der Waals surface area contributed by atoms with Crippen molar-refractivity contribution in [2.75, 3.05) is 52.7 Å². The summed E-state index contributed by atoms with van der Waals surface area (Å²) in [6, 6.07) is 6.14. The third-order valence-corrected chi connectivity index (χ3v) is 6.73. The summed E-state index contributed by atoms with van der Waals surface area (Å²) in [5, 5.41) is 10.4. The number of quaternary nitrogens is 1. The predicted molar refractivity (Wildman–Crippen MR) is 136 cm³/mol. The smallest absolute Gasteiger partial charge is 0.311 e. The number of aliphatic hydroxyl groups is 1. The van der Waals surface area contributed by atoms with Gasteiger partial charge >= 0.3 is 5.91 Å². The van der Waals surface area contributed by atoms with Gasteiger partial charge in [0.15, 0.2) is 17.6 Å². The van der Waals surface area contributed by atoms with Gasteiger partial charge in [0.05, 0.1) is 32.8 Å². The summed E-state index contributed by atoms with van der Waals surface area (Å²) in [6.07, 6.45) is 5.76. The van der Waals surface area contributed by atoms with Gasteiger partial charge < -0.3 is 24.1 Å². The number of hydrogen-bond donors (Lipinski definition) is 2. The van der Waals surface area contributed by atoms with E-state index in [2.05, 4.69) is 4.90 Å². The number of allylic oxidation sites excluding steroid dienone is 1. The van der Waals surface area contributed by atoms with E-state index in [-0.39, 0.29) is 50.1 Å². The molecule has 206 valence electrons. The van der Waals surface area contributed by atoms with Crippen LogP contribution in [0, 0.1) is 0 Å². The number of nitrogens with two attached hydrogens (primary N) is 1. The second kappa shape index (κ2) is 14.3. The molecule has 3 aliphatic rings. The Labute approximate surface area is 222 Å². The number of nitrogens with zero attached hydrogens (tertiary/aromatic N) is 1. The lowest BCUT2D eigenvalue weighted by atomic mass is 10.0. The van der Waals surface area contributed by atoms with Crippen LogP contribution < -0.4 is 10.1 Å². The van der Waals surface area contributed by atoms with E-state index >= 15 is 0 Å². The number of amides is 1. The van der Waals surface area contributed by atoms with Crippen molar-refractivity contribution in [2.24, 2.45) is 0 Å². The number of hydrogen-bond acceptors (Lipinski definition) is 9. The molecular weight excluding hydrogens is 492 g/mol. The van der Waals surface area contributed by atoms with Crippen LogP contribution in [0.3, 0.4) is 0 Å². The summed E-state index contributed by atoms with van der Waals surface area (Å²) in [6.45, 7) is 3.46. The number of fused-ring (bicyclic) bond motifs is 1. The van der Waals surface area contributed by atoms with Crippen molar-refractivity contribution >= 4 is 17.5 Å². The summed E-state index contributed by atoms with van der Waals surface area (Å²) in [7, 11) is 0. The maximum absolute atomic E-state index is 13.6.